The number of carbonyl (C=O) groups excluding carboxylic acids is 1. The van der Waals surface area contributed by atoms with Crippen molar-refractivity contribution < 1.29 is 36.7 Å². The zero-order chi connectivity index (χ0) is 35.7. The second-order valence-corrected chi connectivity index (χ2v) is 14.3. The lowest BCUT2D eigenvalue weighted by Crippen LogP contribution is -2.50. The average molecular weight is 685 g/mol. The lowest BCUT2D eigenvalue weighted by atomic mass is 9.81. The first-order valence-corrected chi connectivity index (χ1v) is 16.4. The molecule has 1 aromatic carbocycles. The molecule has 264 valence electrons. The quantitative estimate of drug-likeness (QED) is 0.243. The Balaban J connectivity index is 1.43. The number of nitrogens with zero attached hydrogens (tertiary/aromatic N) is 6. The predicted molar refractivity (Wildman–Crippen MR) is 173 cm³/mol. The van der Waals surface area contributed by atoms with Crippen molar-refractivity contribution in [2.24, 2.45) is 0 Å². The SMILES string of the molecule is C[C@H](Oc1cc(O[C@H]2CCN(C(=O)OC(C)(C)C)[C@H](CC#N)C2)nc(-c2cc(C(C)(C)c3c(F)cccc3F)on2)n1)[C@@H]1C[C@@H](F)CN1C. The molecule has 0 unspecified atom stereocenters. The predicted octanol–water partition coefficient (Wildman–Crippen LogP) is 6.61. The number of rotatable bonds is 9. The minimum atomic E-state index is -1.24. The Bertz CT molecular complexity index is 1670. The van der Waals surface area contributed by atoms with Crippen LogP contribution in [0.2, 0.25) is 0 Å². The summed E-state index contributed by atoms with van der Waals surface area (Å²) < 4.78 is 67.5. The fourth-order valence-corrected chi connectivity index (χ4v) is 6.47. The molecule has 4 heterocycles. The van der Waals surface area contributed by atoms with Gasteiger partial charge in [-0.05, 0) is 67.1 Å². The van der Waals surface area contributed by atoms with Crippen molar-refractivity contribution in [3.8, 4) is 29.3 Å². The van der Waals surface area contributed by atoms with E-state index in [4.69, 9.17) is 18.7 Å². The number of ether oxygens (including phenoxy) is 3. The number of halogens is 3. The molecule has 2 aliphatic rings. The zero-order valence-electron chi connectivity index (χ0n) is 28.9. The number of likely N-dealkylation sites (N-methyl/N-ethyl adjacent to an activating group) is 1. The fraction of sp³-hybridized carbons (Fsp3) is 0.571. The number of benzene rings is 1. The molecular formula is C35H43F3N6O5. The molecule has 0 N–H and O–H groups in total. The molecule has 0 bridgehead atoms. The van der Waals surface area contributed by atoms with Gasteiger partial charge in [0, 0.05) is 43.6 Å². The number of carbonyl (C=O) groups is 1. The van der Waals surface area contributed by atoms with E-state index in [0.29, 0.717) is 32.4 Å². The summed E-state index contributed by atoms with van der Waals surface area (Å²) in [6, 6.07) is 8.20. The highest BCUT2D eigenvalue weighted by molar-refractivity contribution is 5.68. The summed E-state index contributed by atoms with van der Waals surface area (Å²) >= 11 is 0. The lowest BCUT2D eigenvalue weighted by Gasteiger charge is -2.38. The molecule has 0 aliphatic carbocycles. The Labute approximate surface area is 284 Å². The number of aromatic nitrogens is 3. The summed E-state index contributed by atoms with van der Waals surface area (Å²) in [5.41, 5.74) is -1.93. The van der Waals surface area contributed by atoms with E-state index in [9.17, 15) is 23.2 Å². The highest BCUT2D eigenvalue weighted by Crippen LogP contribution is 2.37. The van der Waals surface area contributed by atoms with Gasteiger partial charge in [0.05, 0.1) is 30.0 Å². The third-order valence-corrected chi connectivity index (χ3v) is 8.93. The van der Waals surface area contributed by atoms with E-state index in [0.717, 1.165) is 0 Å². The van der Waals surface area contributed by atoms with E-state index in [1.54, 1.807) is 39.5 Å². The van der Waals surface area contributed by atoms with Crippen molar-refractivity contribution in [2.45, 2.75) is 109 Å². The minimum absolute atomic E-state index is 0.0717. The van der Waals surface area contributed by atoms with Crippen molar-refractivity contribution in [3.63, 3.8) is 0 Å². The number of hydrogen-bond donors (Lipinski definition) is 0. The molecule has 3 aromatic rings. The van der Waals surface area contributed by atoms with Crippen molar-refractivity contribution in [1.29, 1.82) is 5.26 Å². The summed E-state index contributed by atoms with van der Waals surface area (Å²) in [5.74, 6) is -0.911. The number of hydrogen-bond acceptors (Lipinski definition) is 10. The number of piperidine rings is 1. The number of nitriles is 1. The molecule has 11 nitrogen and oxygen atoms in total. The van der Waals surface area contributed by atoms with Crippen molar-refractivity contribution in [2.75, 3.05) is 20.1 Å². The average Bonchev–Trinajstić information content (AvgIpc) is 3.63. The van der Waals surface area contributed by atoms with E-state index in [1.807, 2.05) is 18.9 Å². The molecule has 2 aromatic heterocycles. The first-order chi connectivity index (χ1) is 23.0. The van der Waals surface area contributed by atoms with E-state index in [1.165, 1.54) is 30.3 Å². The van der Waals surface area contributed by atoms with Gasteiger partial charge in [-0.3, -0.25) is 4.90 Å². The highest BCUT2D eigenvalue weighted by atomic mass is 19.1. The van der Waals surface area contributed by atoms with Gasteiger partial charge in [-0.2, -0.15) is 15.2 Å². The molecule has 2 saturated heterocycles. The number of amides is 1. The number of alkyl halides is 1. The Morgan fingerprint density at radius 2 is 1.82 bits per heavy atom. The molecule has 49 heavy (non-hydrogen) atoms. The van der Waals surface area contributed by atoms with Gasteiger partial charge in [-0.25, -0.2) is 18.0 Å². The molecule has 2 fully saturated rings. The first-order valence-electron chi connectivity index (χ1n) is 16.4. The van der Waals surface area contributed by atoms with Crippen LogP contribution in [0.5, 0.6) is 11.8 Å². The van der Waals surface area contributed by atoms with Crippen LogP contribution in [0.3, 0.4) is 0 Å². The molecule has 2 aliphatic heterocycles. The Morgan fingerprint density at radius 1 is 1.12 bits per heavy atom. The van der Waals surface area contributed by atoms with Crippen LogP contribution in [0.15, 0.2) is 34.9 Å². The largest absolute Gasteiger partial charge is 0.474 e. The standard InChI is InChI=1S/C35H43F3N6O5/c1-20(27-15-21(36)19-43(27)7)46-29-18-30(47-23-12-14-44(22(16-23)11-13-39)33(45)48-34(2,3)4)41-32(40-29)26-17-28(49-42-26)35(5,6)31-24(37)9-8-10-25(31)38/h8-10,17-18,20-23,27H,11-12,14-16,19H2,1-7H3/t20-,21+,22+,23-,27-/m0/s1. The summed E-state index contributed by atoms with van der Waals surface area (Å²) in [6.07, 6.45) is -1.15. The van der Waals surface area contributed by atoms with Crippen LogP contribution in [0.1, 0.15) is 78.5 Å². The van der Waals surface area contributed by atoms with Gasteiger partial charge in [-0.15, -0.1) is 0 Å². The van der Waals surface area contributed by atoms with Crippen molar-refractivity contribution in [3.05, 3.63) is 53.3 Å². The summed E-state index contributed by atoms with van der Waals surface area (Å²) in [6.45, 7) is 11.0. The lowest BCUT2D eigenvalue weighted by molar-refractivity contribution is -0.00382. The van der Waals surface area contributed by atoms with Crippen molar-refractivity contribution in [1.82, 2.24) is 24.9 Å². The van der Waals surface area contributed by atoms with Crippen LogP contribution in [0, 0.1) is 23.0 Å². The van der Waals surface area contributed by atoms with Gasteiger partial charge in [0.15, 0.2) is 11.5 Å². The van der Waals surface area contributed by atoms with Gasteiger partial charge < -0.3 is 23.6 Å². The second kappa shape index (κ2) is 14.2. The highest BCUT2D eigenvalue weighted by Gasteiger charge is 2.38. The third-order valence-electron chi connectivity index (χ3n) is 8.93. The Kier molecular flexibility index (Phi) is 10.4. The molecule has 0 radical (unpaired) electrons. The van der Waals surface area contributed by atoms with Gasteiger partial charge in [0.25, 0.3) is 0 Å². The van der Waals surface area contributed by atoms with E-state index in [2.05, 4.69) is 21.2 Å². The monoisotopic (exact) mass is 684 g/mol. The first kappa shape index (κ1) is 35.9. The molecule has 14 heteroatoms. The van der Waals surface area contributed by atoms with Crippen molar-refractivity contribution >= 4 is 6.09 Å². The van der Waals surface area contributed by atoms with Crippen LogP contribution in [-0.2, 0) is 10.2 Å². The molecule has 0 spiro atoms. The van der Waals surface area contributed by atoms with Crippen LogP contribution in [-0.4, -0.2) is 87.2 Å². The Hall–Kier alpha value is -4.38. The van der Waals surface area contributed by atoms with E-state index < -0.39 is 53.2 Å². The molecule has 1 amide bonds. The smallest absolute Gasteiger partial charge is 0.410 e. The van der Waals surface area contributed by atoms with Gasteiger partial charge in [0.2, 0.25) is 11.8 Å². The molecular weight excluding hydrogens is 641 g/mol. The summed E-state index contributed by atoms with van der Waals surface area (Å²) in [7, 11) is 1.84. The van der Waals surface area contributed by atoms with Gasteiger partial charge >= 0.3 is 6.09 Å². The topological polar surface area (TPSA) is 127 Å². The van der Waals surface area contributed by atoms with Crippen LogP contribution >= 0.6 is 0 Å². The fourth-order valence-electron chi connectivity index (χ4n) is 6.47. The molecule has 5 rings (SSSR count). The normalized spacial score (nSPS) is 22.4. The van der Waals surface area contributed by atoms with E-state index >= 15 is 0 Å². The van der Waals surface area contributed by atoms with Crippen LogP contribution < -0.4 is 9.47 Å². The second-order valence-electron chi connectivity index (χ2n) is 14.3. The van der Waals surface area contributed by atoms with Crippen LogP contribution in [0.4, 0.5) is 18.0 Å². The summed E-state index contributed by atoms with van der Waals surface area (Å²) in [4.78, 5) is 25.5. The number of likely N-dealkylation sites (tertiary alicyclic amines) is 2. The maximum absolute atomic E-state index is 14.8. The maximum Gasteiger partial charge on any atom is 0.410 e. The molecule has 0 saturated carbocycles. The van der Waals surface area contributed by atoms with Gasteiger partial charge in [0.1, 0.15) is 41.4 Å². The van der Waals surface area contributed by atoms with Crippen LogP contribution in [0.25, 0.3) is 11.5 Å². The molecule has 5 atom stereocenters. The minimum Gasteiger partial charge on any atom is -0.474 e. The maximum atomic E-state index is 14.8. The van der Waals surface area contributed by atoms with Gasteiger partial charge in [-0.1, -0.05) is 11.2 Å². The third kappa shape index (κ3) is 8.26. The zero-order valence-corrected chi connectivity index (χ0v) is 28.9. The summed E-state index contributed by atoms with van der Waals surface area (Å²) in [5, 5.41) is 13.6. The van der Waals surface area contributed by atoms with E-state index in [-0.39, 0.29) is 47.1 Å². The Morgan fingerprint density at radius 3 is 2.45 bits per heavy atom.